The highest BCUT2D eigenvalue weighted by atomic mass is 32.2. The summed E-state index contributed by atoms with van der Waals surface area (Å²) in [4.78, 5) is 9.44. The topological polar surface area (TPSA) is 90.9 Å². The van der Waals surface area contributed by atoms with Gasteiger partial charge in [0.05, 0.1) is 22.5 Å². The second-order valence-corrected chi connectivity index (χ2v) is 8.09. The van der Waals surface area contributed by atoms with Crippen molar-refractivity contribution in [2.45, 2.75) is 11.7 Å². The summed E-state index contributed by atoms with van der Waals surface area (Å²) >= 11 is 1.50. The zero-order valence-electron chi connectivity index (χ0n) is 12.6. The molecule has 9 heteroatoms. The van der Waals surface area contributed by atoms with Crippen molar-refractivity contribution in [3.63, 3.8) is 0 Å². The molecule has 0 fully saturated rings. The molecule has 0 aliphatic carbocycles. The van der Waals surface area contributed by atoms with Crippen LogP contribution in [0.4, 0.5) is 0 Å². The van der Waals surface area contributed by atoms with E-state index in [0.717, 1.165) is 11.1 Å². The maximum Gasteiger partial charge on any atom is 0.268 e. The zero-order chi connectivity index (χ0) is 16.7. The molecule has 3 heterocycles. The van der Waals surface area contributed by atoms with Crippen molar-refractivity contribution in [2.75, 3.05) is 6.26 Å². The van der Waals surface area contributed by atoms with Crippen molar-refractivity contribution < 1.29 is 12.9 Å². The lowest BCUT2D eigenvalue weighted by Crippen LogP contribution is -2.11. The Bertz CT molecular complexity index is 1110. The summed E-state index contributed by atoms with van der Waals surface area (Å²) in [7, 11) is -3.48. The molecule has 0 spiro atoms. The number of benzene rings is 1. The van der Waals surface area contributed by atoms with Crippen LogP contribution in [0.15, 0.2) is 51.5 Å². The molecule has 4 aromatic rings. The number of sulfone groups is 1. The zero-order valence-corrected chi connectivity index (χ0v) is 14.2. The Morgan fingerprint density at radius 1 is 1.17 bits per heavy atom. The van der Waals surface area contributed by atoms with E-state index in [0.29, 0.717) is 22.7 Å². The number of para-hydroxylation sites is 2. The SMILES string of the molecule is CS(=O)(=O)c1nc2ccccc2n1Cc1noc(-c2cccs2)n1. The van der Waals surface area contributed by atoms with E-state index in [2.05, 4.69) is 15.1 Å². The van der Waals surface area contributed by atoms with Gasteiger partial charge in [0.2, 0.25) is 15.0 Å². The number of rotatable bonds is 4. The van der Waals surface area contributed by atoms with Crippen LogP contribution in [0.5, 0.6) is 0 Å². The highest BCUT2D eigenvalue weighted by Crippen LogP contribution is 2.24. The van der Waals surface area contributed by atoms with Crippen LogP contribution in [0, 0.1) is 0 Å². The molecule has 0 aliphatic rings. The molecule has 7 nitrogen and oxygen atoms in total. The molecule has 0 saturated heterocycles. The van der Waals surface area contributed by atoms with Crippen LogP contribution in [-0.4, -0.2) is 34.4 Å². The third-order valence-corrected chi connectivity index (χ3v) is 5.28. The van der Waals surface area contributed by atoms with Crippen molar-refractivity contribution in [1.82, 2.24) is 19.7 Å². The van der Waals surface area contributed by atoms with Crippen LogP contribution in [-0.2, 0) is 16.4 Å². The van der Waals surface area contributed by atoms with Crippen molar-refractivity contribution in [2.24, 2.45) is 0 Å². The molecule has 0 N–H and O–H groups in total. The molecule has 1 aromatic carbocycles. The number of hydrogen-bond donors (Lipinski definition) is 0. The van der Waals surface area contributed by atoms with E-state index < -0.39 is 9.84 Å². The Labute approximate surface area is 141 Å². The van der Waals surface area contributed by atoms with Crippen LogP contribution < -0.4 is 0 Å². The Morgan fingerprint density at radius 2 is 2.00 bits per heavy atom. The minimum atomic E-state index is -3.48. The van der Waals surface area contributed by atoms with Crippen molar-refractivity contribution >= 4 is 32.2 Å². The van der Waals surface area contributed by atoms with Crippen LogP contribution in [0.2, 0.25) is 0 Å². The van der Waals surface area contributed by atoms with Crippen LogP contribution in [0.25, 0.3) is 21.8 Å². The predicted molar refractivity (Wildman–Crippen MR) is 89.6 cm³/mol. The third-order valence-electron chi connectivity index (χ3n) is 3.45. The Balaban J connectivity index is 1.79. The second kappa shape index (κ2) is 5.53. The molecule has 122 valence electrons. The van der Waals surface area contributed by atoms with Gasteiger partial charge in [-0.05, 0) is 23.6 Å². The average Bonchev–Trinajstić information content (AvgIpc) is 3.26. The first-order chi connectivity index (χ1) is 11.5. The summed E-state index contributed by atoms with van der Waals surface area (Å²) in [6, 6.07) is 11.0. The second-order valence-electron chi connectivity index (χ2n) is 5.23. The fraction of sp³-hybridized carbons (Fsp3) is 0.133. The standard InChI is InChI=1S/C15H12N4O3S2/c1-24(20,21)15-16-10-5-2-3-6-11(10)19(15)9-13-17-14(22-18-13)12-7-4-8-23-12/h2-8H,9H2,1H3. The summed E-state index contributed by atoms with van der Waals surface area (Å²) in [5, 5.41) is 5.87. The highest BCUT2D eigenvalue weighted by molar-refractivity contribution is 7.90. The molecule has 24 heavy (non-hydrogen) atoms. The average molecular weight is 360 g/mol. The normalized spacial score (nSPS) is 12.0. The fourth-order valence-corrected chi connectivity index (χ4v) is 3.92. The minimum Gasteiger partial charge on any atom is -0.333 e. The smallest absolute Gasteiger partial charge is 0.268 e. The monoisotopic (exact) mass is 360 g/mol. The van der Waals surface area contributed by atoms with Gasteiger partial charge in [-0.3, -0.25) is 0 Å². The number of fused-ring (bicyclic) bond motifs is 1. The largest absolute Gasteiger partial charge is 0.333 e. The van der Waals surface area contributed by atoms with Crippen molar-refractivity contribution in [1.29, 1.82) is 0 Å². The first-order valence-corrected chi connectivity index (χ1v) is 9.81. The summed E-state index contributed by atoms with van der Waals surface area (Å²) < 4.78 is 31.0. The third kappa shape index (κ3) is 2.61. The molecule has 0 amide bonds. The van der Waals surface area contributed by atoms with Gasteiger partial charge in [-0.15, -0.1) is 11.3 Å². The summed E-state index contributed by atoms with van der Waals surface area (Å²) in [5.41, 5.74) is 1.32. The molecular weight excluding hydrogens is 348 g/mol. The first kappa shape index (κ1) is 15.0. The van der Waals surface area contributed by atoms with Gasteiger partial charge in [0.1, 0.15) is 0 Å². The molecule has 0 saturated carbocycles. The molecule has 4 rings (SSSR count). The van der Waals surface area contributed by atoms with Gasteiger partial charge in [0, 0.05) is 6.26 Å². The van der Waals surface area contributed by atoms with E-state index in [-0.39, 0.29) is 11.7 Å². The van der Waals surface area contributed by atoms with Crippen LogP contribution in [0.1, 0.15) is 5.82 Å². The first-order valence-electron chi connectivity index (χ1n) is 7.04. The fourth-order valence-electron chi connectivity index (χ4n) is 2.45. The maximum atomic E-state index is 12.1. The van der Waals surface area contributed by atoms with Crippen molar-refractivity contribution in [3.8, 4) is 10.8 Å². The Hall–Kier alpha value is -2.52. The van der Waals surface area contributed by atoms with Crippen LogP contribution in [0.3, 0.4) is 0 Å². The van der Waals surface area contributed by atoms with E-state index in [1.165, 1.54) is 11.3 Å². The quantitative estimate of drug-likeness (QED) is 0.555. The molecule has 3 aromatic heterocycles. The van der Waals surface area contributed by atoms with E-state index in [4.69, 9.17) is 4.52 Å². The summed E-state index contributed by atoms with van der Waals surface area (Å²) in [6.45, 7) is 0.164. The minimum absolute atomic E-state index is 0.00817. The molecule has 0 unspecified atom stereocenters. The van der Waals surface area contributed by atoms with E-state index in [1.807, 2.05) is 35.7 Å². The summed E-state index contributed by atoms with van der Waals surface area (Å²) in [5.74, 6) is 0.816. The van der Waals surface area contributed by atoms with Gasteiger partial charge < -0.3 is 9.09 Å². The Morgan fingerprint density at radius 3 is 2.75 bits per heavy atom. The van der Waals surface area contributed by atoms with Crippen LogP contribution >= 0.6 is 11.3 Å². The van der Waals surface area contributed by atoms with Crippen molar-refractivity contribution in [3.05, 3.63) is 47.6 Å². The van der Waals surface area contributed by atoms with Gasteiger partial charge in [0.15, 0.2) is 5.82 Å². The number of hydrogen-bond acceptors (Lipinski definition) is 7. The van der Waals surface area contributed by atoms with E-state index >= 15 is 0 Å². The van der Waals surface area contributed by atoms with E-state index in [1.54, 1.807) is 10.6 Å². The maximum absolute atomic E-state index is 12.1. The van der Waals surface area contributed by atoms with Gasteiger partial charge in [0.25, 0.3) is 5.89 Å². The lowest BCUT2D eigenvalue weighted by Gasteiger charge is -2.04. The number of nitrogens with zero attached hydrogens (tertiary/aromatic N) is 4. The molecule has 0 bridgehead atoms. The van der Waals surface area contributed by atoms with Gasteiger partial charge in [-0.1, -0.05) is 23.4 Å². The highest BCUT2D eigenvalue weighted by Gasteiger charge is 2.21. The lowest BCUT2D eigenvalue weighted by molar-refractivity contribution is 0.420. The molecule has 0 radical (unpaired) electrons. The number of thiophene rings is 1. The molecule has 0 atom stereocenters. The van der Waals surface area contributed by atoms with E-state index in [9.17, 15) is 8.42 Å². The molecule has 0 aliphatic heterocycles. The predicted octanol–water partition coefficient (Wildman–Crippen LogP) is 2.60. The van der Waals surface area contributed by atoms with Gasteiger partial charge in [-0.2, -0.15) is 4.98 Å². The lowest BCUT2D eigenvalue weighted by atomic mass is 10.3. The Kier molecular flexibility index (Phi) is 3.47. The number of imidazole rings is 1. The van der Waals surface area contributed by atoms with Gasteiger partial charge in [-0.25, -0.2) is 13.4 Å². The number of aromatic nitrogens is 4. The summed E-state index contributed by atoms with van der Waals surface area (Å²) in [6.07, 6.45) is 1.14. The molecular formula is C15H12N4O3S2. The van der Waals surface area contributed by atoms with Gasteiger partial charge >= 0.3 is 0 Å².